The van der Waals surface area contributed by atoms with E-state index >= 15 is 0 Å². The summed E-state index contributed by atoms with van der Waals surface area (Å²) in [5.41, 5.74) is 1.20. The third kappa shape index (κ3) is 10.4. The van der Waals surface area contributed by atoms with E-state index in [2.05, 4.69) is 39.5 Å². The SMILES string of the molecule is CCCCCCCCCCCCC(NCOc1[nH]n2c(-c3ccc(Cl)c(Cl)c3)nnc2c1Cl)OC=NCCCC. The third-order valence-corrected chi connectivity index (χ3v) is 7.82. The van der Waals surface area contributed by atoms with Gasteiger partial charge in [0.1, 0.15) is 11.8 Å². The summed E-state index contributed by atoms with van der Waals surface area (Å²) in [4.78, 5) is 4.36. The molecule has 0 radical (unpaired) electrons. The van der Waals surface area contributed by atoms with Gasteiger partial charge in [0.15, 0.2) is 24.1 Å². The van der Waals surface area contributed by atoms with Crippen molar-refractivity contribution in [1.82, 2.24) is 25.1 Å². The number of nitrogens with zero attached hydrogens (tertiary/aromatic N) is 4. The topological polar surface area (TPSA) is 88.8 Å². The highest BCUT2D eigenvalue weighted by molar-refractivity contribution is 6.42. The van der Waals surface area contributed by atoms with Crippen LogP contribution < -0.4 is 10.1 Å². The van der Waals surface area contributed by atoms with Crippen LogP contribution in [-0.4, -0.2) is 45.7 Å². The van der Waals surface area contributed by atoms with Gasteiger partial charge in [-0.1, -0.05) is 113 Å². The average molecular weight is 614 g/mol. The summed E-state index contributed by atoms with van der Waals surface area (Å²) in [5, 5.41) is 16.1. The number of rotatable bonds is 21. The molecule has 0 aliphatic heterocycles. The molecule has 2 N–H and O–H groups in total. The first-order valence-electron chi connectivity index (χ1n) is 14.6. The lowest BCUT2D eigenvalue weighted by Gasteiger charge is -2.18. The van der Waals surface area contributed by atoms with Crippen LogP contribution in [0.5, 0.6) is 5.88 Å². The normalized spacial score (nSPS) is 12.5. The van der Waals surface area contributed by atoms with Gasteiger partial charge in [0.25, 0.3) is 0 Å². The molecule has 222 valence electrons. The fourth-order valence-electron chi connectivity index (χ4n) is 4.36. The molecule has 0 saturated carbocycles. The van der Waals surface area contributed by atoms with Crippen molar-refractivity contribution in [2.45, 2.75) is 104 Å². The summed E-state index contributed by atoms with van der Waals surface area (Å²) >= 11 is 18.8. The van der Waals surface area contributed by atoms with Crippen LogP contribution in [0.25, 0.3) is 17.0 Å². The molecule has 8 nitrogen and oxygen atoms in total. The van der Waals surface area contributed by atoms with Crippen molar-refractivity contribution >= 4 is 46.9 Å². The first-order valence-corrected chi connectivity index (χ1v) is 15.8. The average Bonchev–Trinajstić information content (AvgIpc) is 3.50. The van der Waals surface area contributed by atoms with Crippen LogP contribution in [0.2, 0.25) is 15.1 Å². The van der Waals surface area contributed by atoms with Gasteiger partial charge in [-0.25, -0.2) is 9.83 Å². The second kappa shape index (κ2) is 18.4. The first-order chi connectivity index (χ1) is 19.5. The molecule has 0 spiro atoms. The Hall–Kier alpha value is -2.00. The van der Waals surface area contributed by atoms with Gasteiger partial charge in [0.2, 0.25) is 5.88 Å². The van der Waals surface area contributed by atoms with Gasteiger partial charge in [-0.3, -0.25) is 10.1 Å². The zero-order valence-corrected chi connectivity index (χ0v) is 26.0. The minimum Gasteiger partial charge on any atom is -0.465 e. The quantitative estimate of drug-likeness (QED) is 0.0541. The van der Waals surface area contributed by atoms with Crippen LogP contribution in [0.1, 0.15) is 97.3 Å². The van der Waals surface area contributed by atoms with E-state index in [0.29, 0.717) is 32.4 Å². The Labute approximate surface area is 253 Å². The minimum atomic E-state index is -0.203. The monoisotopic (exact) mass is 612 g/mol. The number of hydrogen-bond acceptors (Lipinski definition) is 6. The van der Waals surface area contributed by atoms with Crippen molar-refractivity contribution in [1.29, 1.82) is 0 Å². The van der Waals surface area contributed by atoms with E-state index in [9.17, 15) is 0 Å². The van der Waals surface area contributed by atoms with Crippen LogP contribution in [0, 0.1) is 0 Å². The summed E-state index contributed by atoms with van der Waals surface area (Å²) < 4.78 is 13.5. The van der Waals surface area contributed by atoms with E-state index in [1.54, 1.807) is 23.0 Å². The molecule has 11 heteroatoms. The summed E-state index contributed by atoms with van der Waals surface area (Å²) in [7, 11) is 0. The number of aromatic amines is 1. The summed E-state index contributed by atoms with van der Waals surface area (Å²) in [6.45, 7) is 5.38. The number of benzene rings is 1. The molecule has 0 fully saturated rings. The Balaban J connectivity index is 1.49. The van der Waals surface area contributed by atoms with E-state index in [0.717, 1.165) is 37.8 Å². The van der Waals surface area contributed by atoms with Crippen LogP contribution >= 0.6 is 34.8 Å². The maximum absolute atomic E-state index is 6.53. The van der Waals surface area contributed by atoms with Crippen LogP contribution in [0.4, 0.5) is 0 Å². The molecule has 3 rings (SSSR count). The van der Waals surface area contributed by atoms with E-state index in [1.807, 2.05) is 6.07 Å². The van der Waals surface area contributed by atoms with Gasteiger partial charge < -0.3 is 9.47 Å². The van der Waals surface area contributed by atoms with Crippen molar-refractivity contribution in [2.24, 2.45) is 4.99 Å². The lowest BCUT2D eigenvalue weighted by atomic mass is 10.1. The number of hydrogen-bond donors (Lipinski definition) is 2. The molecule has 1 atom stereocenters. The molecule has 0 saturated heterocycles. The number of fused-ring (bicyclic) bond motifs is 1. The number of H-pyrrole nitrogens is 1. The Morgan fingerprint density at radius 2 is 1.62 bits per heavy atom. The number of nitrogens with one attached hydrogen (secondary N) is 2. The van der Waals surface area contributed by atoms with Crippen molar-refractivity contribution < 1.29 is 9.47 Å². The number of halogens is 3. The smallest absolute Gasteiger partial charge is 0.230 e. The molecule has 1 aromatic carbocycles. The molecule has 1 unspecified atom stereocenters. The molecule has 3 aromatic rings. The van der Waals surface area contributed by atoms with Crippen LogP contribution in [0.15, 0.2) is 23.2 Å². The Kier molecular flexibility index (Phi) is 15.0. The molecule has 40 heavy (non-hydrogen) atoms. The number of ether oxygens (including phenoxy) is 2. The fraction of sp³-hybridized carbons (Fsp3) is 0.621. The lowest BCUT2D eigenvalue weighted by Crippen LogP contribution is -2.34. The van der Waals surface area contributed by atoms with E-state index in [1.165, 1.54) is 57.8 Å². The second-order valence-electron chi connectivity index (χ2n) is 10.0. The molecule has 2 heterocycles. The van der Waals surface area contributed by atoms with Crippen LogP contribution in [-0.2, 0) is 4.74 Å². The summed E-state index contributed by atoms with van der Waals surface area (Å²) in [5.74, 6) is 0.929. The third-order valence-electron chi connectivity index (χ3n) is 6.74. The van der Waals surface area contributed by atoms with Gasteiger partial charge in [-0.15, -0.1) is 10.2 Å². The van der Waals surface area contributed by atoms with E-state index < -0.39 is 0 Å². The standard InChI is InChI=1S/C29H43Cl3N6O2/c1-3-5-7-8-9-10-11-12-13-14-15-25(39-20-33-18-6-4-2)34-21-40-29-26(32)28-36-35-27(38(28)37-29)22-16-17-23(30)24(31)19-22/h16-17,19-20,25,34,37H,3-15,18,21H2,1-2H3. The molecule has 0 bridgehead atoms. The molecular formula is C29H43Cl3N6O2. The predicted octanol–water partition coefficient (Wildman–Crippen LogP) is 9.09. The highest BCUT2D eigenvalue weighted by Crippen LogP contribution is 2.32. The van der Waals surface area contributed by atoms with Gasteiger partial charge in [-0.05, 0) is 37.5 Å². The van der Waals surface area contributed by atoms with E-state index in [-0.39, 0.29) is 13.0 Å². The van der Waals surface area contributed by atoms with E-state index in [4.69, 9.17) is 44.3 Å². The number of aromatic nitrogens is 4. The predicted molar refractivity (Wildman–Crippen MR) is 166 cm³/mol. The van der Waals surface area contributed by atoms with Gasteiger partial charge in [0, 0.05) is 12.1 Å². The summed E-state index contributed by atoms with van der Waals surface area (Å²) in [6, 6.07) is 5.26. The maximum atomic E-state index is 6.53. The van der Waals surface area contributed by atoms with Gasteiger partial charge in [0.05, 0.1) is 10.0 Å². The Bertz CT molecular complexity index is 1170. The van der Waals surface area contributed by atoms with Crippen molar-refractivity contribution in [3.63, 3.8) is 0 Å². The van der Waals surface area contributed by atoms with Crippen molar-refractivity contribution in [3.05, 3.63) is 33.3 Å². The zero-order chi connectivity index (χ0) is 28.6. The summed E-state index contributed by atoms with van der Waals surface area (Å²) in [6.07, 6.45) is 17.3. The fourth-order valence-corrected chi connectivity index (χ4v) is 4.88. The highest BCUT2D eigenvalue weighted by Gasteiger charge is 2.19. The van der Waals surface area contributed by atoms with Gasteiger partial charge >= 0.3 is 0 Å². The molecule has 0 aliphatic rings. The maximum Gasteiger partial charge on any atom is 0.230 e. The highest BCUT2D eigenvalue weighted by atomic mass is 35.5. The number of unbranched alkanes of at least 4 members (excludes halogenated alkanes) is 10. The molecule has 0 amide bonds. The van der Waals surface area contributed by atoms with Gasteiger partial charge in [-0.2, -0.15) is 0 Å². The van der Waals surface area contributed by atoms with Crippen molar-refractivity contribution in [3.8, 4) is 17.3 Å². The Morgan fingerprint density at radius 1 is 0.925 bits per heavy atom. The number of aliphatic imine (C=N–C) groups is 1. The lowest BCUT2D eigenvalue weighted by molar-refractivity contribution is 0.111. The second-order valence-corrected chi connectivity index (χ2v) is 11.2. The molecule has 2 aromatic heterocycles. The van der Waals surface area contributed by atoms with Crippen LogP contribution in [0.3, 0.4) is 0 Å². The minimum absolute atomic E-state index is 0.199. The zero-order valence-electron chi connectivity index (χ0n) is 23.7. The molecule has 0 aliphatic carbocycles. The Morgan fingerprint density at radius 3 is 2.33 bits per heavy atom. The first kappa shape index (κ1) is 32.5. The largest absolute Gasteiger partial charge is 0.465 e. The van der Waals surface area contributed by atoms with Crippen molar-refractivity contribution in [2.75, 3.05) is 13.3 Å². The molecular weight excluding hydrogens is 571 g/mol.